The molecule has 2 aromatic carbocycles. The third-order valence-electron chi connectivity index (χ3n) is 6.37. The number of carbonyl (C=O) groups is 2. The second kappa shape index (κ2) is 12.3. The summed E-state index contributed by atoms with van der Waals surface area (Å²) in [4.78, 5) is 35.7. The Kier molecular flexibility index (Phi) is 8.85. The summed E-state index contributed by atoms with van der Waals surface area (Å²) in [6.45, 7) is 7.15. The van der Waals surface area contributed by atoms with Crippen molar-refractivity contribution < 1.29 is 27.5 Å². The van der Waals surface area contributed by atoms with E-state index in [-0.39, 0.29) is 5.56 Å². The second-order valence-corrected chi connectivity index (χ2v) is 9.07. The number of nitrogens with one attached hydrogen (secondary N) is 2. The van der Waals surface area contributed by atoms with Gasteiger partial charge in [-0.25, -0.2) is 19.8 Å². The quantitative estimate of drug-likeness (QED) is 0.430. The molecule has 0 aliphatic carbocycles. The highest BCUT2D eigenvalue weighted by molar-refractivity contribution is 6.05. The van der Waals surface area contributed by atoms with Gasteiger partial charge in [0.25, 0.3) is 5.91 Å². The lowest BCUT2D eigenvalue weighted by molar-refractivity contribution is -0.137. The summed E-state index contributed by atoms with van der Waals surface area (Å²) in [5.74, 6) is 0.309. The summed E-state index contributed by atoms with van der Waals surface area (Å²) in [6.07, 6.45) is -3.17. The maximum atomic E-state index is 13.1. The van der Waals surface area contributed by atoms with Gasteiger partial charge in [0.15, 0.2) is 0 Å². The average molecular weight is 558 g/mol. The van der Waals surface area contributed by atoms with E-state index in [4.69, 9.17) is 4.74 Å². The number of nitrogens with zero attached hydrogens (tertiary/aromatic N) is 5. The van der Waals surface area contributed by atoms with Crippen LogP contribution in [0.2, 0.25) is 0 Å². The Morgan fingerprint density at radius 3 is 2.45 bits per heavy atom. The van der Waals surface area contributed by atoms with Gasteiger partial charge in [-0.1, -0.05) is 12.1 Å². The summed E-state index contributed by atoms with van der Waals surface area (Å²) >= 11 is 0. The standard InChI is InChI=1S/C27H30F3N7O3/c1-4-37(36-10-12-40-13-11-36)24-16-23(31-17-32-24)35(3)26(39)34-22-15-21(9-8-18(22)2)33-25(38)19-6-5-7-20(14-19)27(28,29)30/h5-9,14-17H,4,10-13H2,1-3H3,(H,33,38)(H,34,39). The number of amides is 3. The minimum Gasteiger partial charge on any atom is -0.379 e. The number of hydrogen-bond acceptors (Lipinski definition) is 7. The number of aryl methyl sites for hydroxylation is 1. The Morgan fingerprint density at radius 1 is 1.02 bits per heavy atom. The third kappa shape index (κ3) is 6.85. The molecule has 13 heteroatoms. The molecule has 0 spiro atoms. The van der Waals surface area contributed by atoms with Gasteiger partial charge in [-0.3, -0.25) is 14.7 Å². The van der Waals surface area contributed by atoms with E-state index in [0.717, 1.165) is 25.2 Å². The largest absolute Gasteiger partial charge is 0.416 e. The fraction of sp³-hybridized carbons (Fsp3) is 0.333. The highest BCUT2D eigenvalue weighted by Gasteiger charge is 2.31. The van der Waals surface area contributed by atoms with Crippen molar-refractivity contribution in [3.05, 3.63) is 71.5 Å². The van der Waals surface area contributed by atoms with Crippen molar-refractivity contribution in [2.45, 2.75) is 20.0 Å². The van der Waals surface area contributed by atoms with Crippen molar-refractivity contribution >= 4 is 34.9 Å². The van der Waals surface area contributed by atoms with Gasteiger partial charge in [-0.05, 0) is 49.7 Å². The number of ether oxygens (including phenoxy) is 1. The molecule has 0 unspecified atom stereocenters. The lowest BCUT2D eigenvalue weighted by Crippen LogP contribution is -2.49. The lowest BCUT2D eigenvalue weighted by Gasteiger charge is -2.37. The van der Waals surface area contributed by atoms with Crippen LogP contribution < -0.4 is 20.5 Å². The number of alkyl halides is 3. The molecule has 3 amide bonds. The van der Waals surface area contributed by atoms with E-state index in [1.165, 1.54) is 29.4 Å². The number of carbonyl (C=O) groups excluding carboxylic acids is 2. The fourth-order valence-electron chi connectivity index (χ4n) is 4.14. The molecule has 0 bridgehead atoms. The molecule has 10 nitrogen and oxygen atoms in total. The van der Waals surface area contributed by atoms with Gasteiger partial charge in [-0.2, -0.15) is 13.2 Å². The number of hydrazine groups is 1. The van der Waals surface area contributed by atoms with Crippen LogP contribution in [-0.2, 0) is 10.9 Å². The molecule has 4 rings (SSSR count). The molecule has 3 aromatic rings. The zero-order chi connectivity index (χ0) is 28.9. The van der Waals surface area contributed by atoms with Gasteiger partial charge in [0, 0.05) is 49.7 Å². The van der Waals surface area contributed by atoms with Gasteiger partial charge in [0.1, 0.15) is 18.0 Å². The Morgan fingerprint density at radius 2 is 1.75 bits per heavy atom. The molecule has 0 saturated carbocycles. The molecule has 0 radical (unpaired) electrons. The number of hydrogen-bond donors (Lipinski definition) is 2. The lowest BCUT2D eigenvalue weighted by atomic mass is 10.1. The van der Waals surface area contributed by atoms with Crippen LogP contribution >= 0.6 is 0 Å². The van der Waals surface area contributed by atoms with E-state index >= 15 is 0 Å². The monoisotopic (exact) mass is 557 g/mol. The Balaban J connectivity index is 1.46. The first kappa shape index (κ1) is 28.8. The number of halogens is 3. The molecule has 1 aliphatic rings. The third-order valence-corrected chi connectivity index (χ3v) is 6.37. The minimum absolute atomic E-state index is 0.140. The number of urea groups is 1. The summed E-state index contributed by atoms with van der Waals surface area (Å²) in [5, 5.41) is 9.54. The van der Waals surface area contributed by atoms with Crippen molar-refractivity contribution in [2.24, 2.45) is 0 Å². The number of benzene rings is 2. The van der Waals surface area contributed by atoms with Crippen molar-refractivity contribution in [1.29, 1.82) is 0 Å². The summed E-state index contributed by atoms with van der Waals surface area (Å²) < 4.78 is 44.5. The zero-order valence-electron chi connectivity index (χ0n) is 22.3. The van der Waals surface area contributed by atoms with Crippen LogP contribution in [-0.4, -0.2) is 66.8 Å². The van der Waals surface area contributed by atoms with Crippen LogP contribution in [0.1, 0.15) is 28.4 Å². The van der Waals surface area contributed by atoms with Crippen molar-refractivity contribution in [1.82, 2.24) is 15.0 Å². The Labute approximate surface area is 229 Å². The molecular weight excluding hydrogens is 527 g/mol. The normalized spacial score (nSPS) is 13.9. The smallest absolute Gasteiger partial charge is 0.379 e. The van der Waals surface area contributed by atoms with Gasteiger partial charge < -0.3 is 15.4 Å². The molecule has 40 heavy (non-hydrogen) atoms. The average Bonchev–Trinajstić information content (AvgIpc) is 2.95. The van der Waals surface area contributed by atoms with E-state index in [9.17, 15) is 22.8 Å². The molecule has 1 aliphatic heterocycles. The van der Waals surface area contributed by atoms with E-state index in [2.05, 4.69) is 25.6 Å². The first-order valence-corrected chi connectivity index (χ1v) is 12.6. The Hall–Kier alpha value is -4.23. The van der Waals surface area contributed by atoms with Crippen LogP contribution in [0.3, 0.4) is 0 Å². The predicted octanol–water partition coefficient (Wildman–Crippen LogP) is 4.80. The Bertz CT molecular complexity index is 1360. The van der Waals surface area contributed by atoms with E-state index in [0.29, 0.717) is 48.3 Å². The van der Waals surface area contributed by atoms with Crippen LogP contribution in [0.5, 0.6) is 0 Å². The fourth-order valence-corrected chi connectivity index (χ4v) is 4.14. The number of morpholine rings is 1. The highest BCUT2D eigenvalue weighted by Crippen LogP contribution is 2.30. The first-order chi connectivity index (χ1) is 19.1. The van der Waals surface area contributed by atoms with E-state index < -0.39 is 23.7 Å². The van der Waals surface area contributed by atoms with Gasteiger partial charge >= 0.3 is 12.2 Å². The molecule has 212 valence electrons. The summed E-state index contributed by atoms with van der Waals surface area (Å²) in [7, 11) is 1.57. The number of anilines is 4. The molecular formula is C27H30F3N7O3. The maximum absolute atomic E-state index is 13.1. The SMILES string of the molecule is CCN(c1cc(N(C)C(=O)Nc2cc(NC(=O)c3cccc(C(F)(F)F)c3)ccc2C)ncn1)N1CCOCC1. The van der Waals surface area contributed by atoms with E-state index in [1.807, 2.05) is 11.9 Å². The predicted molar refractivity (Wildman–Crippen MR) is 145 cm³/mol. The van der Waals surface area contributed by atoms with Crippen LogP contribution in [0.4, 0.5) is 41.0 Å². The maximum Gasteiger partial charge on any atom is 0.416 e. The summed E-state index contributed by atoms with van der Waals surface area (Å²) in [5.41, 5.74) is 0.376. The number of rotatable bonds is 7. The molecule has 2 heterocycles. The molecule has 1 aromatic heterocycles. The molecule has 1 saturated heterocycles. The molecule has 2 N–H and O–H groups in total. The first-order valence-electron chi connectivity index (χ1n) is 12.6. The van der Waals surface area contributed by atoms with Crippen LogP contribution in [0, 0.1) is 6.92 Å². The minimum atomic E-state index is -4.56. The summed E-state index contributed by atoms with van der Waals surface area (Å²) in [6, 6.07) is 10.2. The van der Waals surface area contributed by atoms with E-state index in [1.54, 1.807) is 32.2 Å². The topological polar surface area (TPSA) is 103 Å². The number of aromatic nitrogens is 2. The van der Waals surface area contributed by atoms with Gasteiger partial charge in [0.05, 0.1) is 18.8 Å². The highest BCUT2D eigenvalue weighted by atomic mass is 19.4. The van der Waals surface area contributed by atoms with Gasteiger partial charge in [-0.15, -0.1) is 0 Å². The van der Waals surface area contributed by atoms with Crippen LogP contribution in [0.15, 0.2) is 54.9 Å². The van der Waals surface area contributed by atoms with Gasteiger partial charge in [0.2, 0.25) is 0 Å². The van der Waals surface area contributed by atoms with Crippen LogP contribution in [0.25, 0.3) is 0 Å². The molecule has 0 atom stereocenters. The molecule has 1 fully saturated rings. The van der Waals surface area contributed by atoms with Crippen molar-refractivity contribution in [3.63, 3.8) is 0 Å². The zero-order valence-corrected chi connectivity index (χ0v) is 22.3. The second-order valence-electron chi connectivity index (χ2n) is 9.07. The van der Waals surface area contributed by atoms with Crippen molar-refractivity contribution in [2.75, 3.05) is 60.4 Å². The van der Waals surface area contributed by atoms with Crippen molar-refractivity contribution in [3.8, 4) is 0 Å².